The Kier molecular flexibility index (Phi) is 6.57. The van der Waals surface area contributed by atoms with Gasteiger partial charge in [0.2, 0.25) is 0 Å². The molecule has 0 aliphatic rings. The predicted octanol–water partition coefficient (Wildman–Crippen LogP) is 4.12. The maximum absolute atomic E-state index is 12.2. The Hall–Kier alpha value is -0.0400. The van der Waals surface area contributed by atoms with Gasteiger partial charge in [-0.05, 0) is 54.0 Å². The average Bonchev–Trinajstić information content (AvgIpc) is 2.29. The average molecular weight is 430 g/mol. The largest absolute Gasteiger partial charge is 0.388 e. The summed E-state index contributed by atoms with van der Waals surface area (Å²) < 4.78 is 0.648. The van der Waals surface area contributed by atoms with Crippen LogP contribution in [-0.4, -0.2) is 23.2 Å². The van der Waals surface area contributed by atoms with Gasteiger partial charge in [-0.2, -0.15) is 0 Å². The van der Waals surface area contributed by atoms with Crippen LogP contribution in [0.5, 0.6) is 0 Å². The molecule has 1 amide bonds. The monoisotopic (exact) mass is 429 g/mol. The van der Waals surface area contributed by atoms with E-state index in [4.69, 9.17) is 23.2 Å². The van der Waals surface area contributed by atoms with Crippen molar-refractivity contribution in [1.29, 1.82) is 0 Å². The summed E-state index contributed by atoms with van der Waals surface area (Å²) in [5.41, 5.74) is -0.513. The van der Waals surface area contributed by atoms with Gasteiger partial charge in [0.1, 0.15) is 0 Å². The van der Waals surface area contributed by atoms with Crippen molar-refractivity contribution >= 4 is 51.7 Å². The van der Waals surface area contributed by atoms with Crippen LogP contribution in [0, 0.1) is 9.49 Å². The molecule has 112 valence electrons. The standard InChI is InChI=1S/C14H18Cl2INO2/c1-8(2)6-14(3,20)7-18-13(19)10-4-9(15)5-11(16)12(10)17/h4-5,8,20H,6-7H2,1-3H3,(H,18,19). The van der Waals surface area contributed by atoms with Crippen molar-refractivity contribution in [3.63, 3.8) is 0 Å². The summed E-state index contributed by atoms with van der Waals surface area (Å²) in [4.78, 5) is 12.2. The molecular formula is C14H18Cl2INO2. The van der Waals surface area contributed by atoms with Gasteiger partial charge in [-0.15, -0.1) is 0 Å². The zero-order valence-electron chi connectivity index (χ0n) is 11.6. The van der Waals surface area contributed by atoms with E-state index >= 15 is 0 Å². The fourth-order valence-corrected chi connectivity index (χ4v) is 3.09. The van der Waals surface area contributed by atoms with E-state index in [1.54, 1.807) is 19.1 Å². The van der Waals surface area contributed by atoms with E-state index < -0.39 is 5.60 Å². The number of amides is 1. The van der Waals surface area contributed by atoms with Gasteiger partial charge in [-0.1, -0.05) is 37.0 Å². The molecule has 0 saturated heterocycles. The van der Waals surface area contributed by atoms with Crippen LogP contribution in [-0.2, 0) is 0 Å². The van der Waals surface area contributed by atoms with Crippen molar-refractivity contribution in [3.05, 3.63) is 31.3 Å². The van der Waals surface area contributed by atoms with Crippen LogP contribution in [0.25, 0.3) is 0 Å². The number of aliphatic hydroxyl groups is 1. The van der Waals surface area contributed by atoms with E-state index in [1.165, 1.54) is 0 Å². The first kappa shape index (κ1) is 18.0. The van der Waals surface area contributed by atoms with Crippen molar-refractivity contribution < 1.29 is 9.90 Å². The molecule has 0 aromatic heterocycles. The lowest BCUT2D eigenvalue weighted by atomic mass is 9.94. The molecule has 0 bridgehead atoms. The highest BCUT2D eigenvalue weighted by atomic mass is 127. The Bertz CT molecular complexity index is 504. The van der Waals surface area contributed by atoms with E-state index in [2.05, 4.69) is 5.32 Å². The molecule has 0 spiro atoms. The minimum Gasteiger partial charge on any atom is -0.388 e. The van der Waals surface area contributed by atoms with Gasteiger partial charge in [-0.3, -0.25) is 4.79 Å². The topological polar surface area (TPSA) is 49.3 Å². The molecule has 2 N–H and O–H groups in total. The molecule has 6 heteroatoms. The lowest BCUT2D eigenvalue weighted by Gasteiger charge is -2.25. The minimum atomic E-state index is -0.933. The van der Waals surface area contributed by atoms with Crippen LogP contribution in [0.15, 0.2) is 12.1 Å². The van der Waals surface area contributed by atoms with Crippen LogP contribution in [0.1, 0.15) is 37.6 Å². The molecule has 1 atom stereocenters. The normalized spacial score (nSPS) is 14.2. The van der Waals surface area contributed by atoms with Crippen molar-refractivity contribution in [2.24, 2.45) is 5.92 Å². The summed E-state index contributed by atoms with van der Waals surface area (Å²) >= 11 is 13.9. The highest BCUT2D eigenvalue weighted by Crippen LogP contribution is 2.27. The Morgan fingerprint density at radius 3 is 2.60 bits per heavy atom. The molecule has 3 nitrogen and oxygen atoms in total. The molecule has 0 fully saturated rings. The summed E-state index contributed by atoms with van der Waals surface area (Å²) in [7, 11) is 0. The highest BCUT2D eigenvalue weighted by Gasteiger charge is 2.23. The first-order valence-electron chi connectivity index (χ1n) is 6.27. The second-order valence-corrected chi connectivity index (χ2v) is 7.45. The third-order valence-corrected chi connectivity index (χ3v) is 4.71. The zero-order valence-corrected chi connectivity index (χ0v) is 15.3. The van der Waals surface area contributed by atoms with Gasteiger partial charge >= 0.3 is 0 Å². The number of carbonyl (C=O) groups excluding carboxylic acids is 1. The maximum atomic E-state index is 12.2. The maximum Gasteiger partial charge on any atom is 0.252 e. The number of hydrogen-bond donors (Lipinski definition) is 2. The molecule has 1 aromatic carbocycles. The number of hydrogen-bond acceptors (Lipinski definition) is 2. The molecule has 0 heterocycles. The Labute approximate surface area is 143 Å². The van der Waals surface area contributed by atoms with Crippen LogP contribution in [0.3, 0.4) is 0 Å². The molecule has 20 heavy (non-hydrogen) atoms. The SMILES string of the molecule is CC(C)CC(C)(O)CNC(=O)c1cc(Cl)cc(Cl)c1I. The van der Waals surface area contributed by atoms with Crippen molar-refractivity contribution in [1.82, 2.24) is 5.32 Å². The Morgan fingerprint density at radius 2 is 2.05 bits per heavy atom. The number of halogens is 3. The number of nitrogens with one attached hydrogen (secondary N) is 1. The molecular weight excluding hydrogens is 412 g/mol. The van der Waals surface area contributed by atoms with Crippen LogP contribution in [0.2, 0.25) is 10.0 Å². The molecule has 0 aliphatic carbocycles. The summed E-state index contributed by atoms with van der Waals surface area (Å²) in [6.45, 7) is 5.94. The molecule has 0 aliphatic heterocycles. The fourth-order valence-electron chi connectivity index (χ4n) is 2.04. The predicted molar refractivity (Wildman–Crippen MR) is 91.6 cm³/mol. The number of benzene rings is 1. The smallest absolute Gasteiger partial charge is 0.252 e. The van der Waals surface area contributed by atoms with E-state index in [9.17, 15) is 9.90 Å². The van der Waals surface area contributed by atoms with Crippen molar-refractivity contribution in [3.8, 4) is 0 Å². The van der Waals surface area contributed by atoms with Crippen LogP contribution >= 0.6 is 45.8 Å². The van der Waals surface area contributed by atoms with Gasteiger partial charge < -0.3 is 10.4 Å². The quantitative estimate of drug-likeness (QED) is 0.546. The molecule has 0 radical (unpaired) electrons. The second kappa shape index (κ2) is 7.29. The van der Waals surface area contributed by atoms with Gasteiger partial charge in [0, 0.05) is 15.1 Å². The van der Waals surface area contributed by atoms with Crippen LogP contribution < -0.4 is 5.32 Å². The summed E-state index contributed by atoms with van der Waals surface area (Å²) in [5.74, 6) is 0.0606. The van der Waals surface area contributed by atoms with Gasteiger partial charge in [0.15, 0.2) is 0 Å². The first-order chi connectivity index (χ1) is 9.12. The lowest BCUT2D eigenvalue weighted by Crippen LogP contribution is -2.41. The van der Waals surface area contributed by atoms with Gasteiger partial charge in [0.25, 0.3) is 5.91 Å². The molecule has 1 unspecified atom stereocenters. The lowest BCUT2D eigenvalue weighted by molar-refractivity contribution is 0.0368. The van der Waals surface area contributed by atoms with Gasteiger partial charge in [-0.25, -0.2) is 0 Å². The van der Waals surface area contributed by atoms with E-state index in [0.29, 0.717) is 31.5 Å². The third kappa shape index (κ3) is 5.39. The van der Waals surface area contributed by atoms with Gasteiger partial charge in [0.05, 0.1) is 16.2 Å². The van der Waals surface area contributed by atoms with E-state index in [1.807, 2.05) is 36.4 Å². The Balaban J connectivity index is 2.78. The Morgan fingerprint density at radius 1 is 1.45 bits per heavy atom. The summed E-state index contributed by atoms with van der Waals surface area (Å²) in [5, 5.41) is 13.8. The zero-order chi connectivity index (χ0) is 15.5. The first-order valence-corrected chi connectivity index (χ1v) is 8.11. The van der Waals surface area contributed by atoms with Crippen LogP contribution in [0.4, 0.5) is 0 Å². The molecule has 0 saturated carbocycles. The van der Waals surface area contributed by atoms with E-state index in [0.717, 1.165) is 0 Å². The second-order valence-electron chi connectivity index (χ2n) is 5.53. The van der Waals surface area contributed by atoms with E-state index in [-0.39, 0.29) is 12.5 Å². The van der Waals surface area contributed by atoms with Crippen molar-refractivity contribution in [2.75, 3.05) is 6.54 Å². The number of carbonyl (C=O) groups is 1. The highest BCUT2D eigenvalue weighted by molar-refractivity contribution is 14.1. The number of rotatable bonds is 5. The molecule has 1 aromatic rings. The summed E-state index contributed by atoms with van der Waals surface area (Å²) in [6, 6.07) is 3.16. The van der Waals surface area contributed by atoms with Crippen molar-refractivity contribution in [2.45, 2.75) is 32.8 Å². The molecule has 1 rings (SSSR count). The minimum absolute atomic E-state index is 0.185. The summed E-state index contributed by atoms with van der Waals surface area (Å²) in [6.07, 6.45) is 0.612. The third-order valence-electron chi connectivity index (χ3n) is 2.72. The fraction of sp³-hybridized carbons (Fsp3) is 0.500.